The number of aromatic nitrogens is 3. The van der Waals surface area contributed by atoms with Crippen LogP contribution in [-0.4, -0.2) is 26.3 Å². The Bertz CT molecular complexity index is 1360. The summed E-state index contributed by atoms with van der Waals surface area (Å²) < 4.78 is 46.1. The lowest BCUT2D eigenvalue weighted by atomic mass is 9.99. The van der Waals surface area contributed by atoms with Crippen molar-refractivity contribution in [2.45, 2.75) is 32.5 Å². The minimum absolute atomic E-state index is 0.285. The lowest BCUT2D eigenvalue weighted by Crippen LogP contribution is -2.27. The molecular weight excluding hydrogens is 469 g/mol. The van der Waals surface area contributed by atoms with E-state index in [2.05, 4.69) is 15.4 Å². The van der Waals surface area contributed by atoms with Crippen molar-refractivity contribution in [1.29, 1.82) is 0 Å². The van der Waals surface area contributed by atoms with E-state index in [1.165, 1.54) is 22.8 Å². The van der Waals surface area contributed by atoms with Crippen molar-refractivity contribution in [3.63, 3.8) is 0 Å². The van der Waals surface area contributed by atoms with Gasteiger partial charge in [0.25, 0.3) is 0 Å². The number of carbonyl (C=O) groups is 1. The van der Waals surface area contributed by atoms with Gasteiger partial charge in [-0.25, -0.2) is 14.3 Å². The Balaban J connectivity index is 1.88. The lowest BCUT2D eigenvalue weighted by molar-refractivity contribution is -0.137. The van der Waals surface area contributed by atoms with E-state index < -0.39 is 23.4 Å². The average molecular weight is 489 g/mol. The van der Waals surface area contributed by atoms with E-state index in [0.717, 1.165) is 12.1 Å². The standard InChI is InChI=1S/C24H20ClF3N4O2/c1-23(2,3)34-22(33)31-19-13-30-32-20(14-8-10-15(11-9-14)24(26,27)28)17(12-29-21(19)32)16-6-4-5-7-18(16)25/h4-13H,1-3H3,(H,31,33). The maximum Gasteiger partial charge on any atom is 0.416 e. The minimum atomic E-state index is -4.46. The summed E-state index contributed by atoms with van der Waals surface area (Å²) in [7, 11) is 0. The molecule has 1 amide bonds. The van der Waals surface area contributed by atoms with E-state index in [-0.39, 0.29) is 11.3 Å². The first-order chi connectivity index (χ1) is 15.9. The van der Waals surface area contributed by atoms with Crippen LogP contribution in [0, 0.1) is 0 Å². The second kappa shape index (κ2) is 8.64. The zero-order valence-electron chi connectivity index (χ0n) is 18.4. The highest BCUT2D eigenvalue weighted by molar-refractivity contribution is 6.33. The summed E-state index contributed by atoms with van der Waals surface area (Å²) in [6, 6.07) is 11.8. The summed E-state index contributed by atoms with van der Waals surface area (Å²) >= 11 is 6.41. The van der Waals surface area contributed by atoms with E-state index >= 15 is 0 Å². The van der Waals surface area contributed by atoms with Crippen LogP contribution in [0.1, 0.15) is 26.3 Å². The summed E-state index contributed by atoms with van der Waals surface area (Å²) in [4.78, 5) is 16.7. The fourth-order valence-electron chi connectivity index (χ4n) is 3.40. The van der Waals surface area contributed by atoms with Crippen LogP contribution in [-0.2, 0) is 10.9 Å². The van der Waals surface area contributed by atoms with Crippen LogP contribution in [0.4, 0.5) is 23.7 Å². The van der Waals surface area contributed by atoms with Gasteiger partial charge in [-0.3, -0.25) is 5.32 Å². The fraction of sp³-hybridized carbons (Fsp3) is 0.208. The normalized spacial score (nSPS) is 12.1. The Kier molecular flexibility index (Phi) is 5.99. The molecule has 2 heterocycles. The number of benzene rings is 2. The van der Waals surface area contributed by atoms with E-state index in [4.69, 9.17) is 16.3 Å². The predicted octanol–water partition coefficient (Wildman–Crippen LogP) is 7.08. The first-order valence-corrected chi connectivity index (χ1v) is 10.6. The number of carbonyl (C=O) groups excluding carboxylic acids is 1. The molecule has 176 valence electrons. The molecule has 0 aliphatic heterocycles. The quantitative estimate of drug-likeness (QED) is 0.334. The zero-order valence-corrected chi connectivity index (χ0v) is 19.2. The molecule has 2 aromatic carbocycles. The molecule has 6 nitrogen and oxygen atoms in total. The van der Waals surface area contributed by atoms with Gasteiger partial charge in [-0.1, -0.05) is 41.9 Å². The number of nitrogens with one attached hydrogen (secondary N) is 1. The second-order valence-electron chi connectivity index (χ2n) is 8.50. The Morgan fingerprint density at radius 3 is 2.29 bits per heavy atom. The number of anilines is 1. The summed E-state index contributed by atoms with van der Waals surface area (Å²) in [5.41, 5.74) is 1.21. The zero-order chi connectivity index (χ0) is 24.7. The van der Waals surface area contributed by atoms with Gasteiger partial charge in [0.15, 0.2) is 5.65 Å². The van der Waals surface area contributed by atoms with Crippen LogP contribution in [0.2, 0.25) is 5.02 Å². The van der Waals surface area contributed by atoms with Crippen LogP contribution in [0.15, 0.2) is 60.9 Å². The van der Waals surface area contributed by atoms with Crippen molar-refractivity contribution in [2.24, 2.45) is 0 Å². The Hall–Kier alpha value is -3.59. The number of halogens is 4. The molecule has 4 aromatic rings. The number of ether oxygens (including phenoxy) is 1. The van der Waals surface area contributed by atoms with Crippen LogP contribution < -0.4 is 5.32 Å². The van der Waals surface area contributed by atoms with Gasteiger partial charge in [0, 0.05) is 27.9 Å². The second-order valence-corrected chi connectivity index (χ2v) is 8.90. The van der Waals surface area contributed by atoms with Crippen molar-refractivity contribution < 1.29 is 22.7 Å². The number of amides is 1. The summed E-state index contributed by atoms with van der Waals surface area (Å²) in [5.74, 6) is 0. The number of hydrogen-bond donors (Lipinski definition) is 1. The van der Waals surface area contributed by atoms with Crippen LogP contribution >= 0.6 is 11.6 Å². The van der Waals surface area contributed by atoms with Gasteiger partial charge >= 0.3 is 12.3 Å². The largest absolute Gasteiger partial charge is 0.444 e. The topological polar surface area (TPSA) is 68.5 Å². The molecule has 4 rings (SSSR count). The maximum absolute atomic E-state index is 13.1. The lowest BCUT2D eigenvalue weighted by Gasteiger charge is -2.19. The molecule has 0 aliphatic carbocycles. The third kappa shape index (κ3) is 4.84. The highest BCUT2D eigenvalue weighted by Gasteiger charge is 2.30. The third-order valence-electron chi connectivity index (χ3n) is 4.81. The third-order valence-corrected chi connectivity index (χ3v) is 5.14. The van der Waals surface area contributed by atoms with Gasteiger partial charge in [-0.05, 0) is 39.0 Å². The molecule has 2 aromatic heterocycles. The molecule has 0 saturated carbocycles. The summed E-state index contributed by atoms with van der Waals surface area (Å²) in [6.45, 7) is 5.21. The average Bonchev–Trinajstić information content (AvgIpc) is 3.14. The minimum Gasteiger partial charge on any atom is -0.444 e. The number of nitrogens with zero attached hydrogens (tertiary/aromatic N) is 3. The van der Waals surface area contributed by atoms with Crippen molar-refractivity contribution >= 4 is 29.0 Å². The molecule has 0 saturated heterocycles. The fourth-order valence-corrected chi connectivity index (χ4v) is 3.64. The van der Waals surface area contributed by atoms with Gasteiger partial charge in [0.1, 0.15) is 11.3 Å². The molecule has 0 spiro atoms. The Morgan fingerprint density at radius 2 is 1.68 bits per heavy atom. The molecule has 0 unspecified atom stereocenters. The van der Waals surface area contributed by atoms with Crippen molar-refractivity contribution in [3.8, 4) is 22.4 Å². The van der Waals surface area contributed by atoms with Gasteiger partial charge in [-0.2, -0.15) is 18.3 Å². The molecule has 0 fully saturated rings. The summed E-state index contributed by atoms with van der Waals surface area (Å²) in [5, 5.41) is 7.41. The van der Waals surface area contributed by atoms with E-state index in [1.807, 2.05) is 0 Å². The smallest absolute Gasteiger partial charge is 0.416 e. The van der Waals surface area contributed by atoms with Crippen molar-refractivity contribution in [3.05, 3.63) is 71.5 Å². The molecule has 0 aliphatic rings. The molecular formula is C24H20ClF3N4O2. The van der Waals surface area contributed by atoms with E-state index in [9.17, 15) is 18.0 Å². The number of alkyl halides is 3. The molecule has 34 heavy (non-hydrogen) atoms. The molecule has 10 heteroatoms. The first-order valence-electron chi connectivity index (χ1n) is 10.2. The van der Waals surface area contributed by atoms with Crippen LogP contribution in [0.25, 0.3) is 28.0 Å². The highest BCUT2D eigenvalue weighted by Crippen LogP contribution is 2.38. The molecule has 0 bridgehead atoms. The SMILES string of the molecule is CC(C)(C)OC(=O)Nc1cnn2c(-c3ccc(C(F)(F)F)cc3)c(-c3ccccc3Cl)cnc12. The van der Waals surface area contributed by atoms with Crippen molar-refractivity contribution in [2.75, 3.05) is 5.32 Å². The Morgan fingerprint density at radius 1 is 1.00 bits per heavy atom. The van der Waals surface area contributed by atoms with Crippen molar-refractivity contribution in [1.82, 2.24) is 14.6 Å². The summed E-state index contributed by atoms with van der Waals surface area (Å²) in [6.07, 6.45) is -2.20. The highest BCUT2D eigenvalue weighted by atomic mass is 35.5. The van der Waals surface area contributed by atoms with Gasteiger partial charge in [-0.15, -0.1) is 0 Å². The Labute approximate surface area is 198 Å². The van der Waals surface area contributed by atoms with Gasteiger partial charge in [0.05, 0.1) is 17.5 Å². The molecule has 0 radical (unpaired) electrons. The van der Waals surface area contributed by atoms with E-state index in [1.54, 1.807) is 51.2 Å². The van der Waals surface area contributed by atoms with Crippen LogP contribution in [0.3, 0.4) is 0 Å². The maximum atomic E-state index is 13.1. The van der Waals surface area contributed by atoms with E-state index in [0.29, 0.717) is 27.4 Å². The number of hydrogen-bond acceptors (Lipinski definition) is 4. The number of rotatable bonds is 3. The van der Waals surface area contributed by atoms with Gasteiger partial charge in [0.2, 0.25) is 0 Å². The first kappa shape index (κ1) is 23.6. The van der Waals surface area contributed by atoms with Crippen LogP contribution in [0.5, 0.6) is 0 Å². The molecule has 0 atom stereocenters. The van der Waals surface area contributed by atoms with Gasteiger partial charge < -0.3 is 4.74 Å². The molecule has 1 N–H and O–H groups in total. The predicted molar refractivity (Wildman–Crippen MR) is 124 cm³/mol. The number of fused-ring (bicyclic) bond motifs is 1. The monoisotopic (exact) mass is 488 g/mol.